The van der Waals surface area contributed by atoms with E-state index in [2.05, 4.69) is 36.2 Å². The fourth-order valence-electron chi connectivity index (χ4n) is 1.66. The molecule has 1 aromatic rings. The molecule has 16 heavy (non-hydrogen) atoms. The molecule has 0 atom stereocenters. The highest BCUT2D eigenvalue weighted by Gasteiger charge is 2.20. The van der Waals surface area contributed by atoms with E-state index in [1.54, 1.807) is 6.08 Å². The van der Waals surface area contributed by atoms with Crippen molar-refractivity contribution in [2.24, 2.45) is 0 Å². The monoisotopic (exact) mass is 217 g/mol. The van der Waals surface area contributed by atoms with E-state index in [-0.39, 0.29) is 0 Å². The minimum atomic E-state index is 0.615. The summed E-state index contributed by atoms with van der Waals surface area (Å²) >= 11 is 0. The third kappa shape index (κ3) is 3.47. The molecule has 1 saturated carbocycles. The van der Waals surface area contributed by atoms with Crippen molar-refractivity contribution in [1.29, 1.82) is 0 Å². The molecular weight excluding hydrogens is 198 g/mol. The second-order valence-corrected chi connectivity index (χ2v) is 4.23. The molecule has 1 N–H and O–H groups in total. The summed E-state index contributed by atoms with van der Waals surface area (Å²) in [6.07, 6.45) is 4.44. The molecule has 0 radical (unpaired) electrons. The molecule has 0 amide bonds. The number of hydrogen-bond acceptors (Lipinski definition) is 2. The second-order valence-electron chi connectivity index (χ2n) is 4.23. The number of hydrogen-bond donors (Lipinski definition) is 1. The molecule has 2 nitrogen and oxygen atoms in total. The Balaban J connectivity index is 1.89. The first kappa shape index (κ1) is 11.4. The van der Waals surface area contributed by atoms with Crippen molar-refractivity contribution in [2.45, 2.75) is 32.0 Å². The summed E-state index contributed by atoms with van der Waals surface area (Å²) in [6, 6.07) is 9.20. The van der Waals surface area contributed by atoms with E-state index in [0.29, 0.717) is 13.2 Å². The molecule has 1 aromatic carbocycles. The average Bonchev–Trinajstić information content (AvgIpc) is 3.12. The second kappa shape index (κ2) is 5.83. The van der Waals surface area contributed by atoms with Crippen molar-refractivity contribution < 1.29 is 4.74 Å². The fraction of sp³-hybridized carbons (Fsp3) is 0.429. The molecule has 0 heterocycles. The van der Waals surface area contributed by atoms with Gasteiger partial charge < -0.3 is 10.1 Å². The largest absolute Gasteiger partial charge is 0.373 e. The zero-order valence-electron chi connectivity index (χ0n) is 9.61. The van der Waals surface area contributed by atoms with Gasteiger partial charge in [0.15, 0.2) is 0 Å². The van der Waals surface area contributed by atoms with Crippen LogP contribution < -0.4 is 5.32 Å². The van der Waals surface area contributed by atoms with Gasteiger partial charge in [-0.3, -0.25) is 0 Å². The first-order valence-electron chi connectivity index (χ1n) is 5.89. The Morgan fingerprint density at radius 1 is 1.31 bits per heavy atom. The van der Waals surface area contributed by atoms with Crippen molar-refractivity contribution in [3.05, 3.63) is 48.0 Å². The fourth-order valence-corrected chi connectivity index (χ4v) is 1.66. The van der Waals surface area contributed by atoms with Crippen LogP contribution in [-0.2, 0) is 17.9 Å². The first-order valence-corrected chi connectivity index (χ1v) is 5.89. The molecule has 0 spiro atoms. The summed E-state index contributed by atoms with van der Waals surface area (Å²) in [6.45, 7) is 5.89. The Labute approximate surface area is 97.3 Å². The van der Waals surface area contributed by atoms with Crippen LogP contribution in [0.2, 0.25) is 0 Å². The van der Waals surface area contributed by atoms with Gasteiger partial charge in [0.05, 0.1) is 13.2 Å². The Bertz CT molecular complexity index is 344. The molecule has 2 heteroatoms. The van der Waals surface area contributed by atoms with E-state index in [9.17, 15) is 0 Å². The van der Waals surface area contributed by atoms with Crippen LogP contribution in [0, 0.1) is 0 Å². The van der Waals surface area contributed by atoms with Crippen molar-refractivity contribution in [3.63, 3.8) is 0 Å². The van der Waals surface area contributed by atoms with E-state index in [1.807, 2.05) is 0 Å². The van der Waals surface area contributed by atoms with Gasteiger partial charge in [-0.25, -0.2) is 0 Å². The van der Waals surface area contributed by atoms with Gasteiger partial charge in [0.25, 0.3) is 0 Å². The molecule has 1 aliphatic carbocycles. The van der Waals surface area contributed by atoms with Gasteiger partial charge in [-0.05, 0) is 24.0 Å². The van der Waals surface area contributed by atoms with Gasteiger partial charge in [0.1, 0.15) is 0 Å². The SMILES string of the molecule is C=CCOCc1ccccc1CNC1CC1. The Morgan fingerprint density at radius 2 is 2.06 bits per heavy atom. The lowest BCUT2D eigenvalue weighted by Crippen LogP contribution is -2.16. The highest BCUT2D eigenvalue weighted by atomic mass is 16.5. The number of nitrogens with one attached hydrogen (secondary N) is 1. The molecule has 0 aliphatic heterocycles. The van der Waals surface area contributed by atoms with Gasteiger partial charge in [-0.15, -0.1) is 6.58 Å². The van der Waals surface area contributed by atoms with E-state index < -0.39 is 0 Å². The number of rotatable bonds is 7. The lowest BCUT2D eigenvalue weighted by Gasteiger charge is -2.10. The van der Waals surface area contributed by atoms with E-state index >= 15 is 0 Å². The summed E-state index contributed by atoms with van der Waals surface area (Å²) in [5.41, 5.74) is 2.62. The minimum absolute atomic E-state index is 0.615. The van der Waals surface area contributed by atoms with Crippen molar-refractivity contribution >= 4 is 0 Å². The molecule has 86 valence electrons. The Morgan fingerprint density at radius 3 is 2.75 bits per heavy atom. The number of ether oxygens (including phenoxy) is 1. The minimum Gasteiger partial charge on any atom is -0.373 e. The lowest BCUT2D eigenvalue weighted by molar-refractivity contribution is 0.148. The highest BCUT2D eigenvalue weighted by molar-refractivity contribution is 5.26. The topological polar surface area (TPSA) is 21.3 Å². The maximum Gasteiger partial charge on any atom is 0.0724 e. The summed E-state index contributed by atoms with van der Waals surface area (Å²) in [5.74, 6) is 0. The van der Waals surface area contributed by atoms with Crippen molar-refractivity contribution in [2.75, 3.05) is 6.61 Å². The Kier molecular flexibility index (Phi) is 4.14. The van der Waals surface area contributed by atoms with Gasteiger partial charge in [-0.2, -0.15) is 0 Å². The molecule has 1 aliphatic rings. The van der Waals surface area contributed by atoms with Crippen LogP contribution in [0.15, 0.2) is 36.9 Å². The smallest absolute Gasteiger partial charge is 0.0724 e. The third-order valence-corrected chi connectivity index (χ3v) is 2.77. The van der Waals surface area contributed by atoms with Gasteiger partial charge in [0.2, 0.25) is 0 Å². The Hall–Kier alpha value is -1.12. The van der Waals surface area contributed by atoms with Crippen LogP contribution in [0.25, 0.3) is 0 Å². The van der Waals surface area contributed by atoms with E-state index in [0.717, 1.165) is 12.6 Å². The van der Waals surface area contributed by atoms with E-state index in [1.165, 1.54) is 24.0 Å². The molecule has 0 unspecified atom stereocenters. The highest BCUT2D eigenvalue weighted by Crippen LogP contribution is 2.20. The van der Waals surface area contributed by atoms with E-state index in [4.69, 9.17) is 4.74 Å². The molecule has 0 bridgehead atoms. The van der Waals surface area contributed by atoms with Gasteiger partial charge in [0, 0.05) is 12.6 Å². The number of benzene rings is 1. The van der Waals surface area contributed by atoms with Crippen molar-refractivity contribution in [1.82, 2.24) is 5.32 Å². The zero-order valence-corrected chi connectivity index (χ0v) is 9.61. The van der Waals surface area contributed by atoms with Crippen LogP contribution in [0.4, 0.5) is 0 Å². The first-order chi connectivity index (χ1) is 7.90. The van der Waals surface area contributed by atoms with Crippen molar-refractivity contribution in [3.8, 4) is 0 Å². The molecule has 0 aromatic heterocycles. The average molecular weight is 217 g/mol. The maximum absolute atomic E-state index is 5.49. The van der Waals surface area contributed by atoms with Crippen LogP contribution >= 0.6 is 0 Å². The molecule has 0 saturated heterocycles. The summed E-state index contributed by atoms with van der Waals surface area (Å²) in [5, 5.41) is 3.53. The predicted molar refractivity (Wildman–Crippen MR) is 66.2 cm³/mol. The quantitative estimate of drug-likeness (QED) is 0.560. The van der Waals surface area contributed by atoms with Crippen LogP contribution in [0.5, 0.6) is 0 Å². The summed E-state index contributed by atoms with van der Waals surface area (Å²) < 4.78 is 5.49. The van der Waals surface area contributed by atoms with Crippen LogP contribution in [0.1, 0.15) is 24.0 Å². The standard InChI is InChI=1S/C14H19NO/c1-2-9-16-11-13-6-4-3-5-12(13)10-15-14-7-8-14/h2-6,14-15H,1,7-11H2. The summed E-state index contributed by atoms with van der Waals surface area (Å²) in [7, 11) is 0. The summed E-state index contributed by atoms with van der Waals surface area (Å²) in [4.78, 5) is 0. The van der Waals surface area contributed by atoms with Gasteiger partial charge >= 0.3 is 0 Å². The van der Waals surface area contributed by atoms with Crippen LogP contribution in [0.3, 0.4) is 0 Å². The normalized spacial score (nSPS) is 15.0. The molecular formula is C14H19NO. The predicted octanol–water partition coefficient (Wildman–Crippen LogP) is 2.64. The maximum atomic E-state index is 5.49. The third-order valence-electron chi connectivity index (χ3n) is 2.77. The van der Waals surface area contributed by atoms with Gasteiger partial charge in [-0.1, -0.05) is 30.3 Å². The lowest BCUT2D eigenvalue weighted by atomic mass is 10.1. The van der Waals surface area contributed by atoms with Crippen LogP contribution in [-0.4, -0.2) is 12.6 Å². The molecule has 2 rings (SSSR count). The zero-order chi connectivity index (χ0) is 11.2. The molecule has 1 fully saturated rings.